The first kappa shape index (κ1) is 15.8. The van der Waals surface area contributed by atoms with Crippen LogP contribution in [0.2, 0.25) is 0 Å². The van der Waals surface area contributed by atoms with E-state index in [1.165, 1.54) is 11.6 Å². The largest absolute Gasteiger partial charge is 0.507 e. The number of benzene rings is 2. The van der Waals surface area contributed by atoms with Gasteiger partial charge in [-0.2, -0.15) is 5.10 Å². The number of phenols is 1. The molecule has 0 saturated carbocycles. The molecule has 0 bridgehead atoms. The minimum atomic E-state index is -0.413. The van der Waals surface area contributed by atoms with E-state index in [2.05, 4.69) is 29.6 Å². The fourth-order valence-corrected chi connectivity index (χ4v) is 2.15. The Balaban J connectivity index is 1.93. The first-order chi connectivity index (χ1) is 10.7. The Kier molecular flexibility index (Phi) is 5.72. The van der Waals surface area contributed by atoms with Crippen LogP contribution in [-0.4, -0.2) is 17.2 Å². The minimum absolute atomic E-state index is 0.0495. The fourth-order valence-electron chi connectivity index (χ4n) is 2.15. The van der Waals surface area contributed by atoms with Crippen LogP contribution < -0.4 is 5.43 Å². The van der Waals surface area contributed by atoms with Crippen LogP contribution in [0.15, 0.2) is 59.7 Å². The molecule has 22 heavy (non-hydrogen) atoms. The van der Waals surface area contributed by atoms with Crippen molar-refractivity contribution in [2.75, 3.05) is 0 Å². The monoisotopic (exact) mass is 296 g/mol. The molecule has 2 aromatic carbocycles. The van der Waals surface area contributed by atoms with Crippen LogP contribution in [0, 0.1) is 5.92 Å². The summed E-state index contributed by atoms with van der Waals surface area (Å²) >= 11 is 0. The van der Waals surface area contributed by atoms with Crippen LogP contribution in [-0.2, 0) is 6.42 Å². The molecule has 0 heterocycles. The summed E-state index contributed by atoms with van der Waals surface area (Å²) in [6.07, 6.45) is 3.57. The van der Waals surface area contributed by atoms with E-state index < -0.39 is 5.91 Å². The Labute approximate surface area is 130 Å². The lowest BCUT2D eigenvalue weighted by Gasteiger charge is -2.09. The van der Waals surface area contributed by atoms with Crippen LogP contribution in [0.3, 0.4) is 0 Å². The number of carbonyl (C=O) groups is 1. The van der Waals surface area contributed by atoms with Gasteiger partial charge in [0.05, 0.1) is 5.56 Å². The molecule has 4 heteroatoms. The molecule has 1 atom stereocenters. The molecule has 1 unspecified atom stereocenters. The Bertz CT molecular complexity index is 639. The lowest BCUT2D eigenvalue weighted by Crippen LogP contribution is -2.19. The molecule has 0 spiro atoms. The molecule has 0 aromatic heterocycles. The summed E-state index contributed by atoms with van der Waals surface area (Å²) in [5.41, 5.74) is 3.92. The van der Waals surface area contributed by atoms with Crippen molar-refractivity contribution in [1.29, 1.82) is 0 Å². The SMILES string of the molecule is CCC(C=NNC(=O)c1ccccc1O)Cc1ccccc1. The van der Waals surface area contributed by atoms with Crippen molar-refractivity contribution in [3.63, 3.8) is 0 Å². The van der Waals surface area contributed by atoms with Crippen molar-refractivity contribution in [3.8, 4) is 5.75 Å². The van der Waals surface area contributed by atoms with Crippen LogP contribution in [0.25, 0.3) is 0 Å². The second-order valence-electron chi connectivity index (χ2n) is 5.09. The third kappa shape index (κ3) is 4.45. The van der Waals surface area contributed by atoms with Gasteiger partial charge in [0.2, 0.25) is 0 Å². The smallest absolute Gasteiger partial charge is 0.275 e. The van der Waals surface area contributed by atoms with Crippen LogP contribution in [0.4, 0.5) is 0 Å². The van der Waals surface area contributed by atoms with Gasteiger partial charge >= 0.3 is 0 Å². The molecule has 2 rings (SSSR count). The number of aromatic hydroxyl groups is 1. The maximum atomic E-state index is 11.9. The molecule has 1 amide bonds. The van der Waals surface area contributed by atoms with Gasteiger partial charge in [-0.25, -0.2) is 5.43 Å². The van der Waals surface area contributed by atoms with Crippen molar-refractivity contribution in [2.24, 2.45) is 11.0 Å². The van der Waals surface area contributed by atoms with Crippen LogP contribution in [0.5, 0.6) is 5.75 Å². The van der Waals surface area contributed by atoms with Gasteiger partial charge in [-0.1, -0.05) is 49.4 Å². The predicted molar refractivity (Wildman–Crippen MR) is 88.0 cm³/mol. The fraction of sp³-hybridized carbons (Fsp3) is 0.222. The maximum absolute atomic E-state index is 11.9. The minimum Gasteiger partial charge on any atom is -0.507 e. The molecule has 0 radical (unpaired) electrons. The highest BCUT2D eigenvalue weighted by atomic mass is 16.3. The van der Waals surface area contributed by atoms with Crippen molar-refractivity contribution in [1.82, 2.24) is 5.43 Å². The molecule has 114 valence electrons. The highest BCUT2D eigenvalue weighted by molar-refractivity contribution is 5.96. The number of nitrogens with zero attached hydrogens (tertiary/aromatic N) is 1. The Morgan fingerprint density at radius 3 is 2.55 bits per heavy atom. The van der Waals surface area contributed by atoms with Gasteiger partial charge < -0.3 is 5.11 Å². The second-order valence-corrected chi connectivity index (χ2v) is 5.09. The third-order valence-corrected chi connectivity index (χ3v) is 3.47. The zero-order valence-corrected chi connectivity index (χ0v) is 12.6. The molecule has 0 fully saturated rings. The van der Waals surface area contributed by atoms with Crippen molar-refractivity contribution in [2.45, 2.75) is 19.8 Å². The van der Waals surface area contributed by atoms with Gasteiger partial charge in [0.1, 0.15) is 5.75 Å². The molecule has 0 saturated heterocycles. The summed E-state index contributed by atoms with van der Waals surface area (Å²) < 4.78 is 0. The first-order valence-electron chi connectivity index (χ1n) is 7.36. The van der Waals surface area contributed by atoms with E-state index in [-0.39, 0.29) is 17.2 Å². The highest BCUT2D eigenvalue weighted by Gasteiger charge is 2.09. The van der Waals surface area contributed by atoms with Gasteiger partial charge in [-0.3, -0.25) is 4.79 Å². The lowest BCUT2D eigenvalue weighted by atomic mass is 9.98. The van der Waals surface area contributed by atoms with Gasteiger partial charge in [-0.15, -0.1) is 0 Å². The van der Waals surface area contributed by atoms with E-state index in [4.69, 9.17) is 0 Å². The van der Waals surface area contributed by atoms with E-state index in [1.54, 1.807) is 24.4 Å². The summed E-state index contributed by atoms with van der Waals surface area (Å²) in [5.74, 6) is -0.206. The standard InChI is InChI=1S/C18H20N2O2/c1-2-14(12-15-8-4-3-5-9-15)13-19-20-18(22)16-10-6-7-11-17(16)21/h3-11,13-14,21H,2,12H2,1H3,(H,20,22). The Morgan fingerprint density at radius 2 is 1.86 bits per heavy atom. The number of para-hydroxylation sites is 1. The summed E-state index contributed by atoms with van der Waals surface area (Å²) in [6, 6.07) is 16.6. The normalized spacial score (nSPS) is 12.2. The molecule has 4 nitrogen and oxygen atoms in total. The lowest BCUT2D eigenvalue weighted by molar-refractivity contribution is 0.0952. The highest BCUT2D eigenvalue weighted by Crippen LogP contribution is 2.15. The van der Waals surface area contributed by atoms with Crippen molar-refractivity contribution < 1.29 is 9.90 Å². The van der Waals surface area contributed by atoms with E-state index in [1.807, 2.05) is 18.2 Å². The molecule has 2 aromatic rings. The number of hydrogen-bond acceptors (Lipinski definition) is 3. The number of amides is 1. The van der Waals surface area contributed by atoms with Crippen LogP contribution in [0.1, 0.15) is 29.3 Å². The van der Waals surface area contributed by atoms with Crippen molar-refractivity contribution >= 4 is 12.1 Å². The summed E-state index contributed by atoms with van der Waals surface area (Å²) in [4.78, 5) is 11.9. The van der Waals surface area contributed by atoms with Gasteiger partial charge in [-0.05, 0) is 36.5 Å². The molecular formula is C18H20N2O2. The van der Waals surface area contributed by atoms with Crippen LogP contribution >= 0.6 is 0 Å². The number of hydrazone groups is 1. The first-order valence-corrected chi connectivity index (χ1v) is 7.36. The zero-order chi connectivity index (χ0) is 15.8. The van der Waals surface area contributed by atoms with Gasteiger partial charge in [0.25, 0.3) is 5.91 Å². The number of nitrogens with one attached hydrogen (secondary N) is 1. The van der Waals surface area contributed by atoms with Gasteiger partial charge in [0.15, 0.2) is 0 Å². The van der Waals surface area contributed by atoms with Crippen molar-refractivity contribution in [3.05, 3.63) is 65.7 Å². The van der Waals surface area contributed by atoms with E-state index in [0.717, 1.165) is 12.8 Å². The Hall–Kier alpha value is -2.62. The average molecular weight is 296 g/mol. The molecule has 2 N–H and O–H groups in total. The number of phenolic OH excluding ortho intramolecular Hbond substituents is 1. The molecular weight excluding hydrogens is 276 g/mol. The van der Waals surface area contributed by atoms with E-state index >= 15 is 0 Å². The summed E-state index contributed by atoms with van der Waals surface area (Å²) in [6.45, 7) is 2.09. The van der Waals surface area contributed by atoms with E-state index in [9.17, 15) is 9.90 Å². The number of carbonyl (C=O) groups excluding carboxylic acids is 1. The second kappa shape index (κ2) is 7.98. The number of hydrogen-bond donors (Lipinski definition) is 2. The Morgan fingerprint density at radius 1 is 1.18 bits per heavy atom. The third-order valence-electron chi connectivity index (χ3n) is 3.47. The zero-order valence-electron chi connectivity index (χ0n) is 12.6. The molecule has 0 aliphatic rings. The van der Waals surface area contributed by atoms with Gasteiger partial charge in [0, 0.05) is 6.21 Å². The topological polar surface area (TPSA) is 61.7 Å². The predicted octanol–water partition coefficient (Wildman–Crippen LogP) is 3.38. The quantitative estimate of drug-likeness (QED) is 0.634. The summed E-state index contributed by atoms with van der Waals surface area (Å²) in [7, 11) is 0. The number of rotatable bonds is 6. The maximum Gasteiger partial charge on any atom is 0.275 e. The van der Waals surface area contributed by atoms with E-state index in [0.29, 0.717) is 0 Å². The summed E-state index contributed by atoms with van der Waals surface area (Å²) in [5, 5.41) is 13.6. The molecule has 0 aliphatic heterocycles. The average Bonchev–Trinajstić information content (AvgIpc) is 2.55. The molecule has 0 aliphatic carbocycles.